The average Bonchev–Trinajstić information content (AvgIpc) is 2.48. The van der Waals surface area contributed by atoms with Gasteiger partial charge in [-0.2, -0.15) is 10.3 Å². The van der Waals surface area contributed by atoms with Gasteiger partial charge in [0.15, 0.2) is 5.41 Å². The molecule has 0 atom stereocenters. The third-order valence-corrected chi connectivity index (χ3v) is 2.85. The smallest absolute Gasteiger partial charge is 0.337 e. The summed E-state index contributed by atoms with van der Waals surface area (Å²) in [6.07, 6.45) is 1.04. The standard InChI is InChI=1S/C10H14N2O3/c1-3-10(4-2)8(13)12(7-5-6-11)15-9(10)14/h3-5,7H2,1-2H3. The Morgan fingerprint density at radius 3 is 2.40 bits per heavy atom. The second-order valence-electron chi connectivity index (χ2n) is 3.48. The Bertz CT molecular complexity index is 315. The first kappa shape index (κ1) is 11.5. The van der Waals surface area contributed by atoms with Gasteiger partial charge in [-0.05, 0) is 12.8 Å². The first-order chi connectivity index (χ1) is 7.12. The summed E-state index contributed by atoms with van der Waals surface area (Å²) in [5.41, 5.74) is -1.02. The molecule has 0 aliphatic carbocycles. The number of hydrogen-bond donors (Lipinski definition) is 0. The van der Waals surface area contributed by atoms with Crippen molar-refractivity contribution in [1.82, 2.24) is 5.06 Å². The molecular weight excluding hydrogens is 196 g/mol. The quantitative estimate of drug-likeness (QED) is 0.649. The van der Waals surface area contributed by atoms with Crippen LogP contribution in [0, 0.1) is 16.7 Å². The third kappa shape index (κ3) is 1.67. The molecule has 5 heteroatoms. The lowest BCUT2D eigenvalue weighted by molar-refractivity contribution is -0.178. The van der Waals surface area contributed by atoms with Crippen LogP contribution < -0.4 is 0 Å². The molecule has 82 valence electrons. The van der Waals surface area contributed by atoms with Crippen LogP contribution in [0.15, 0.2) is 0 Å². The van der Waals surface area contributed by atoms with Crippen LogP contribution in [0.2, 0.25) is 0 Å². The maximum atomic E-state index is 11.9. The molecule has 0 aromatic rings. The van der Waals surface area contributed by atoms with E-state index < -0.39 is 11.4 Å². The first-order valence-electron chi connectivity index (χ1n) is 5.03. The van der Waals surface area contributed by atoms with Crippen LogP contribution in [0.4, 0.5) is 0 Å². The van der Waals surface area contributed by atoms with Crippen LogP contribution in [-0.2, 0) is 14.4 Å². The van der Waals surface area contributed by atoms with Gasteiger partial charge < -0.3 is 4.84 Å². The summed E-state index contributed by atoms with van der Waals surface area (Å²) in [6.45, 7) is 3.73. The number of hydroxylamine groups is 2. The zero-order valence-electron chi connectivity index (χ0n) is 8.95. The van der Waals surface area contributed by atoms with Crippen molar-refractivity contribution < 1.29 is 14.4 Å². The highest BCUT2D eigenvalue weighted by atomic mass is 16.7. The number of rotatable bonds is 4. The van der Waals surface area contributed by atoms with Gasteiger partial charge in [0.05, 0.1) is 19.0 Å². The molecular formula is C10H14N2O3. The molecule has 15 heavy (non-hydrogen) atoms. The van der Waals surface area contributed by atoms with Crippen LogP contribution in [0.1, 0.15) is 33.1 Å². The molecule has 0 unspecified atom stereocenters. The maximum absolute atomic E-state index is 11.9. The number of carbonyl (C=O) groups is 2. The molecule has 1 fully saturated rings. The maximum Gasteiger partial charge on any atom is 0.348 e. The molecule has 1 amide bonds. The summed E-state index contributed by atoms with van der Waals surface area (Å²) < 4.78 is 0. The summed E-state index contributed by atoms with van der Waals surface area (Å²) in [6, 6.07) is 1.91. The summed E-state index contributed by atoms with van der Waals surface area (Å²) in [7, 11) is 0. The highest BCUT2D eigenvalue weighted by molar-refractivity contribution is 6.06. The molecule has 1 heterocycles. The topological polar surface area (TPSA) is 70.4 Å². The molecule has 0 aromatic carbocycles. The molecule has 0 N–H and O–H groups in total. The molecule has 0 radical (unpaired) electrons. The average molecular weight is 210 g/mol. The van der Waals surface area contributed by atoms with E-state index in [4.69, 9.17) is 10.1 Å². The van der Waals surface area contributed by atoms with Gasteiger partial charge >= 0.3 is 5.97 Å². The van der Waals surface area contributed by atoms with Crippen molar-refractivity contribution in [3.63, 3.8) is 0 Å². The van der Waals surface area contributed by atoms with Crippen molar-refractivity contribution >= 4 is 11.9 Å². The number of nitrogens with zero attached hydrogens (tertiary/aromatic N) is 2. The molecule has 1 aliphatic heterocycles. The van der Waals surface area contributed by atoms with Crippen LogP contribution in [-0.4, -0.2) is 23.5 Å². The molecule has 0 bridgehead atoms. The molecule has 0 saturated carbocycles. The third-order valence-electron chi connectivity index (χ3n) is 2.85. The Morgan fingerprint density at radius 2 is 2.00 bits per heavy atom. The van der Waals surface area contributed by atoms with Gasteiger partial charge in [0.2, 0.25) is 0 Å². The number of hydrogen-bond acceptors (Lipinski definition) is 4. The van der Waals surface area contributed by atoms with E-state index >= 15 is 0 Å². The van der Waals surface area contributed by atoms with Crippen LogP contribution in [0.5, 0.6) is 0 Å². The lowest BCUT2D eigenvalue weighted by atomic mass is 9.82. The highest BCUT2D eigenvalue weighted by Gasteiger charge is 2.54. The minimum absolute atomic E-state index is 0.156. The van der Waals surface area contributed by atoms with Crippen molar-refractivity contribution in [2.75, 3.05) is 6.54 Å². The number of nitriles is 1. The molecule has 0 spiro atoms. The molecule has 5 nitrogen and oxygen atoms in total. The van der Waals surface area contributed by atoms with E-state index in [2.05, 4.69) is 0 Å². The minimum atomic E-state index is -1.02. The molecule has 1 aliphatic rings. The van der Waals surface area contributed by atoms with Gasteiger partial charge in [0.1, 0.15) is 0 Å². The fraction of sp³-hybridized carbons (Fsp3) is 0.700. The van der Waals surface area contributed by atoms with Crippen molar-refractivity contribution in [2.24, 2.45) is 5.41 Å². The normalized spacial score (nSPS) is 18.9. The van der Waals surface area contributed by atoms with Crippen molar-refractivity contribution in [2.45, 2.75) is 33.1 Å². The summed E-state index contributed by atoms with van der Waals surface area (Å²) >= 11 is 0. The zero-order chi connectivity index (χ0) is 11.5. The number of carbonyl (C=O) groups excluding carboxylic acids is 2. The first-order valence-corrected chi connectivity index (χ1v) is 5.03. The van der Waals surface area contributed by atoms with E-state index in [1.54, 1.807) is 13.8 Å². The lowest BCUT2D eigenvalue weighted by Crippen LogP contribution is -2.36. The van der Waals surface area contributed by atoms with Crippen molar-refractivity contribution in [1.29, 1.82) is 5.26 Å². The fourth-order valence-electron chi connectivity index (χ4n) is 1.69. The van der Waals surface area contributed by atoms with Crippen molar-refractivity contribution in [3.8, 4) is 6.07 Å². The van der Waals surface area contributed by atoms with E-state index in [-0.39, 0.29) is 18.9 Å². The van der Waals surface area contributed by atoms with E-state index in [1.165, 1.54) is 0 Å². The predicted molar refractivity (Wildman–Crippen MR) is 51.1 cm³/mol. The lowest BCUT2D eigenvalue weighted by Gasteiger charge is -2.17. The zero-order valence-corrected chi connectivity index (χ0v) is 8.95. The van der Waals surface area contributed by atoms with E-state index in [9.17, 15) is 9.59 Å². The summed E-state index contributed by atoms with van der Waals surface area (Å²) in [5.74, 6) is -0.803. The highest BCUT2D eigenvalue weighted by Crippen LogP contribution is 2.36. The van der Waals surface area contributed by atoms with Gasteiger partial charge in [0, 0.05) is 0 Å². The second kappa shape index (κ2) is 4.30. The summed E-state index contributed by atoms with van der Waals surface area (Å²) in [4.78, 5) is 28.3. The Labute approximate surface area is 88.6 Å². The van der Waals surface area contributed by atoms with E-state index in [1.807, 2.05) is 6.07 Å². The Morgan fingerprint density at radius 1 is 1.40 bits per heavy atom. The van der Waals surface area contributed by atoms with E-state index in [0.717, 1.165) is 5.06 Å². The van der Waals surface area contributed by atoms with Crippen LogP contribution in [0.25, 0.3) is 0 Å². The van der Waals surface area contributed by atoms with Gasteiger partial charge in [-0.15, -0.1) is 0 Å². The van der Waals surface area contributed by atoms with Gasteiger partial charge in [-0.25, -0.2) is 4.79 Å². The second-order valence-corrected chi connectivity index (χ2v) is 3.48. The summed E-state index contributed by atoms with van der Waals surface area (Å²) in [5, 5.41) is 9.41. The monoisotopic (exact) mass is 210 g/mol. The Kier molecular flexibility index (Phi) is 3.30. The number of amides is 1. The van der Waals surface area contributed by atoms with Gasteiger partial charge in [0.25, 0.3) is 5.91 Å². The van der Waals surface area contributed by atoms with Gasteiger partial charge in [-0.3, -0.25) is 4.79 Å². The Balaban J connectivity index is 2.83. The van der Waals surface area contributed by atoms with Gasteiger partial charge in [-0.1, -0.05) is 13.8 Å². The molecule has 0 aromatic heterocycles. The minimum Gasteiger partial charge on any atom is -0.337 e. The van der Waals surface area contributed by atoms with Crippen LogP contribution in [0.3, 0.4) is 0 Å². The molecule has 1 rings (SSSR count). The predicted octanol–water partition coefficient (Wildman–Crippen LogP) is 1.01. The SMILES string of the molecule is CCC1(CC)C(=O)ON(CCC#N)C1=O. The molecule has 1 saturated heterocycles. The van der Waals surface area contributed by atoms with Crippen LogP contribution >= 0.6 is 0 Å². The largest absolute Gasteiger partial charge is 0.348 e. The Hall–Kier alpha value is -1.57. The van der Waals surface area contributed by atoms with Crippen molar-refractivity contribution in [3.05, 3.63) is 0 Å². The van der Waals surface area contributed by atoms with E-state index in [0.29, 0.717) is 12.8 Å². The fourth-order valence-corrected chi connectivity index (χ4v) is 1.69.